The zero-order valence-electron chi connectivity index (χ0n) is 32.0. The molecule has 2 heterocycles. The highest BCUT2D eigenvalue weighted by atomic mass is 35.5. The van der Waals surface area contributed by atoms with Crippen molar-refractivity contribution < 1.29 is 22.8 Å². The second-order valence-electron chi connectivity index (χ2n) is 17.7. The second kappa shape index (κ2) is 14.7. The smallest absolute Gasteiger partial charge is 0.330 e. The maximum atomic E-state index is 13.6. The number of hydrogen-bond acceptors (Lipinski definition) is 7. The Morgan fingerprint density at radius 1 is 0.771 bits per heavy atom. The molecule has 3 rings (SSSR count). The van der Waals surface area contributed by atoms with Crippen LogP contribution in [0, 0.1) is 0 Å². The molecule has 1 fully saturated rings. The summed E-state index contributed by atoms with van der Waals surface area (Å²) in [5, 5.41) is 0.369. The average molecular weight is 742 g/mol. The fourth-order valence-electron chi connectivity index (χ4n) is 4.58. The lowest BCUT2D eigenvalue weighted by molar-refractivity contribution is -0.0513. The molecular formula is C35H61ClN2O7Si3. The van der Waals surface area contributed by atoms with E-state index in [1.165, 1.54) is 4.57 Å². The number of rotatable bonds is 12. The van der Waals surface area contributed by atoms with E-state index in [1.54, 1.807) is 12.3 Å². The summed E-state index contributed by atoms with van der Waals surface area (Å²) < 4.78 is 35.3. The summed E-state index contributed by atoms with van der Waals surface area (Å²) in [6.07, 6.45) is -0.969. The van der Waals surface area contributed by atoms with Crippen LogP contribution in [-0.2, 0) is 36.0 Å². The van der Waals surface area contributed by atoms with E-state index in [0.717, 1.165) is 5.56 Å². The molecule has 1 saturated heterocycles. The Morgan fingerprint density at radius 3 is 1.79 bits per heavy atom. The molecule has 4 atom stereocenters. The molecule has 1 aromatic heterocycles. The Balaban J connectivity index is 2.11. The summed E-state index contributed by atoms with van der Waals surface area (Å²) in [6, 6.07) is 7.39. The van der Waals surface area contributed by atoms with Crippen LogP contribution in [0.1, 0.15) is 79.7 Å². The molecule has 0 spiro atoms. The maximum absolute atomic E-state index is 13.6. The number of ether oxygens (including phenoxy) is 2. The molecular weight excluding hydrogens is 680 g/mol. The predicted molar refractivity (Wildman–Crippen MR) is 202 cm³/mol. The lowest BCUT2D eigenvalue weighted by Crippen LogP contribution is -2.55. The van der Waals surface area contributed by atoms with Gasteiger partial charge in [-0.1, -0.05) is 92.1 Å². The minimum atomic E-state index is -2.43. The van der Waals surface area contributed by atoms with E-state index >= 15 is 0 Å². The van der Waals surface area contributed by atoms with Gasteiger partial charge < -0.3 is 22.8 Å². The SMILES string of the molecule is CC(C)(C)[Si](C)(C)OC[C@H]1O[C@@H](n2cc(COCc3ccccc3Cl)c(=O)[nH]c2=O)[C@H](O[Si](C)(C)C(C)(C)C)[C@@H]1O[Si](C)(C)C(C)(C)C. The van der Waals surface area contributed by atoms with Crippen LogP contribution in [0.25, 0.3) is 0 Å². The lowest BCUT2D eigenvalue weighted by Gasteiger charge is -2.44. The highest BCUT2D eigenvalue weighted by Gasteiger charge is 2.55. The lowest BCUT2D eigenvalue weighted by atomic mass is 10.1. The van der Waals surface area contributed by atoms with Gasteiger partial charge in [-0.05, 0) is 66.0 Å². The van der Waals surface area contributed by atoms with Gasteiger partial charge in [-0.3, -0.25) is 14.3 Å². The minimum absolute atomic E-state index is 0.00738. The first kappa shape index (κ1) is 41.1. The van der Waals surface area contributed by atoms with E-state index in [0.29, 0.717) is 17.2 Å². The maximum Gasteiger partial charge on any atom is 0.330 e. The van der Waals surface area contributed by atoms with Crippen LogP contribution in [0.15, 0.2) is 40.1 Å². The first-order valence-corrected chi connectivity index (χ1v) is 26.1. The van der Waals surface area contributed by atoms with Crippen molar-refractivity contribution in [1.29, 1.82) is 0 Å². The Bertz CT molecular complexity index is 1520. The monoisotopic (exact) mass is 740 g/mol. The van der Waals surface area contributed by atoms with Crippen molar-refractivity contribution in [3.05, 3.63) is 67.4 Å². The standard InChI is InChI=1S/C35H61ClN2O7Si3/c1-33(2,3)46(10,11)42-23-27-28(44-47(12,13)34(4,5)6)29(45-48(14,15)35(7,8)9)31(43-27)38-20-25(30(39)37-32(38)40)22-41-21-24-18-16-17-19-26(24)36/h16-20,27-29,31H,21-23H2,1-15H3,(H,37,39,40)/t27-,28-,29-,31-/m1/s1. The van der Waals surface area contributed by atoms with Gasteiger partial charge in [-0.2, -0.15) is 0 Å². The Kier molecular flexibility index (Phi) is 12.6. The molecule has 1 aromatic carbocycles. The highest BCUT2D eigenvalue weighted by Crippen LogP contribution is 2.46. The number of aromatic amines is 1. The number of H-pyrrole nitrogens is 1. The summed E-state index contributed by atoms with van der Waals surface area (Å²) in [5.74, 6) is 0. The van der Waals surface area contributed by atoms with Gasteiger partial charge in [0.25, 0.3) is 5.56 Å². The molecule has 0 radical (unpaired) electrons. The van der Waals surface area contributed by atoms with Crippen LogP contribution in [0.5, 0.6) is 0 Å². The normalized spacial score (nSPS) is 21.6. The van der Waals surface area contributed by atoms with Crippen molar-refractivity contribution in [3.8, 4) is 0 Å². The Morgan fingerprint density at radius 2 is 1.27 bits per heavy atom. The molecule has 9 nitrogen and oxygen atoms in total. The highest BCUT2D eigenvalue weighted by molar-refractivity contribution is 6.75. The average Bonchev–Trinajstić information content (AvgIpc) is 3.23. The summed E-state index contributed by atoms with van der Waals surface area (Å²) in [4.78, 5) is 29.1. The largest absolute Gasteiger partial charge is 0.414 e. The number of halogens is 1. The summed E-state index contributed by atoms with van der Waals surface area (Å²) in [6.45, 7) is 33.5. The van der Waals surface area contributed by atoms with Crippen molar-refractivity contribution in [3.63, 3.8) is 0 Å². The van der Waals surface area contributed by atoms with Crippen LogP contribution < -0.4 is 11.2 Å². The molecule has 0 saturated carbocycles. The first-order valence-electron chi connectivity index (χ1n) is 17.0. The summed E-state index contributed by atoms with van der Waals surface area (Å²) in [5.41, 5.74) is 0.00289. The van der Waals surface area contributed by atoms with Gasteiger partial charge in [0, 0.05) is 11.2 Å². The molecule has 0 unspecified atom stereocenters. The van der Waals surface area contributed by atoms with Crippen molar-refractivity contribution in [1.82, 2.24) is 9.55 Å². The molecule has 1 aliphatic rings. The minimum Gasteiger partial charge on any atom is -0.414 e. The van der Waals surface area contributed by atoms with E-state index in [4.69, 9.17) is 34.4 Å². The summed E-state index contributed by atoms with van der Waals surface area (Å²) >= 11 is 6.31. The van der Waals surface area contributed by atoms with Crippen LogP contribution in [0.2, 0.25) is 59.4 Å². The van der Waals surface area contributed by atoms with Crippen LogP contribution in [0.3, 0.4) is 0 Å². The molecule has 2 aromatic rings. The van der Waals surface area contributed by atoms with E-state index in [-0.39, 0.29) is 28.3 Å². The molecule has 1 aliphatic heterocycles. The first-order chi connectivity index (χ1) is 21.7. The third-order valence-electron chi connectivity index (χ3n) is 11.0. The van der Waals surface area contributed by atoms with Gasteiger partial charge in [0.15, 0.2) is 31.2 Å². The van der Waals surface area contributed by atoms with Gasteiger partial charge >= 0.3 is 5.69 Å². The number of benzene rings is 1. The van der Waals surface area contributed by atoms with E-state index in [1.807, 2.05) is 18.2 Å². The van der Waals surface area contributed by atoms with Gasteiger partial charge in [-0.25, -0.2) is 4.79 Å². The molecule has 13 heteroatoms. The molecule has 1 N–H and O–H groups in total. The Hall–Kier alpha value is -1.36. The predicted octanol–water partition coefficient (Wildman–Crippen LogP) is 8.61. The topological polar surface area (TPSA) is 101 Å². The molecule has 48 heavy (non-hydrogen) atoms. The third-order valence-corrected chi connectivity index (χ3v) is 24.8. The van der Waals surface area contributed by atoms with Gasteiger partial charge in [0.1, 0.15) is 18.3 Å². The third kappa shape index (κ3) is 9.49. The van der Waals surface area contributed by atoms with Crippen molar-refractivity contribution in [2.45, 2.75) is 154 Å². The van der Waals surface area contributed by atoms with E-state index < -0.39 is 60.7 Å². The number of aromatic nitrogens is 2. The molecule has 0 aliphatic carbocycles. The molecule has 0 amide bonds. The quantitative estimate of drug-likeness (QED) is 0.218. The Labute approximate surface area is 296 Å². The fourth-order valence-corrected chi connectivity index (χ4v) is 8.39. The van der Waals surface area contributed by atoms with Crippen molar-refractivity contribution in [2.24, 2.45) is 0 Å². The molecule has 272 valence electrons. The zero-order chi connectivity index (χ0) is 36.7. The van der Waals surface area contributed by atoms with Crippen LogP contribution in [-0.4, -0.2) is 59.4 Å². The fraction of sp³-hybridized carbons (Fsp3) is 0.714. The number of nitrogens with one attached hydrogen (secondary N) is 1. The van der Waals surface area contributed by atoms with Gasteiger partial charge in [0.2, 0.25) is 0 Å². The summed E-state index contributed by atoms with van der Waals surface area (Å²) in [7, 11) is -6.97. The van der Waals surface area contributed by atoms with Crippen LogP contribution >= 0.6 is 11.6 Å². The zero-order valence-corrected chi connectivity index (χ0v) is 35.8. The van der Waals surface area contributed by atoms with Crippen molar-refractivity contribution in [2.75, 3.05) is 6.61 Å². The number of hydrogen-bond donors (Lipinski definition) is 1. The van der Waals surface area contributed by atoms with E-state index in [2.05, 4.69) is 107 Å². The number of nitrogens with zero attached hydrogens (tertiary/aromatic N) is 1. The van der Waals surface area contributed by atoms with Gasteiger partial charge in [0.05, 0.1) is 25.4 Å². The second-order valence-corrected chi connectivity index (χ2v) is 32.5. The van der Waals surface area contributed by atoms with Crippen molar-refractivity contribution >= 4 is 36.6 Å². The molecule has 0 bridgehead atoms. The van der Waals surface area contributed by atoms with E-state index in [9.17, 15) is 9.59 Å². The van der Waals surface area contributed by atoms with Crippen LogP contribution in [0.4, 0.5) is 0 Å². The van der Waals surface area contributed by atoms with Gasteiger partial charge in [-0.15, -0.1) is 0 Å².